The highest BCUT2D eigenvalue weighted by Crippen LogP contribution is 2.18. The predicted molar refractivity (Wildman–Crippen MR) is 75.7 cm³/mol. The van der Waals surface area contributed by atoms with Crippen molar-refractivity contribution in [1.82, 2.24) is 10.2 Å². The summed E-state index contributed by atoms with van der Waals surface area (Å²) in [5, 5.41) is 2.93. The highest BCUT2D eigenvalue weighted by molar-refractivity contribution is 5.78. The normalized spacial score (nSPS) is 13.0. The maximum Gasteiger partial charge on any atom is 0.406 e. The summed E-state index contributed by atoms with van der Waals surface area (Å²) in [5.41, 5.74) is 0.679. The van der Waals surface area contributed by atoms with E-state index >= 15 is 0 Å². The molecule has 1 aromatic carbocycles. The molecule has 1 aromatic rings. The molecule has 0 heterocycles. The Labute approximate surface area is 123 Å². The van der Waals surface area contributed by atoms with Crippen LogP contribution >= 0.6 is 0 Å². The second-order valence-corrected chi connectivity index (χ2v) is 5.04. The number of hydrogen-bond donors (Lipinski definition) is 1. The molecule has 0 aliphatic carbocycles. The molecule has 1 unspecified atom stereocenters. The summed E-state index contributed by atoms with van der Waals surface area (Å²) in [4.78, 5) is 12.8. The molecule has 0 saturated carbocycles. The van der Waals surface area contributed by atoms with Crippen molar-refractivity contribution >= 4 is 5.91 Å². The molecule has 0 aliphatic rings. The van der Waals surface area contributed by atoms with Gasteiger partial charge in [-0.3, -0.25) is 4.79 Å². The maximum atomic E-state index is 12.6. The molecule has 118 valence electrons. The number of nitrogens with zero attached hydrogens (tertiary/aromatic N) is 1. The first kappa shape index (κ1) is 17.5. The Bertz CT molecular complexity index is 434. The topological polar surface area (TPSA) is 32.3 Å². The molecular weight excluding hydrogens is 281 g/mol. The van der Waals surface area contributed by atoms with Crippen LogP contribution in [0.5, 0.6) is 0 Å². The van der Waals surface area contributed by atoms with Gasteiger partial charge in [-0.2, -0.15) is 13.2 Å². The Morgan fingerprint density at radius 1 is 1.29 bits per heavy atom. The van der Waals surface area contributed by atoms with E-state index in [-0.39, 0.29) is 19.1 Å². The second kappa shape index (κ2) is 8.02. The van der Waals surface area contributed by atoms with E-state index in [0.717, 1.165) is 11.3 Å². The average Bonchev–Trinajstić information content (AvgIpc) is 2.43. The lowest BCUT2D eigenvalue weighted by atomic mass is 10.2. The first-order chi connectivity index (χ1) is 9.81. The van der Waals surface area contributed by atoms with Crippen LogP contribution in [0.25, 0.3) is 0 Å². The number of amides is 1. The molecule has 0 aliphatic heterocycles. The zero-order chi connectivity index (χ0) is 15.9. The number of hydrogen-bond acceptors (Lipinski definition) is 2. The van der Waals surface area contributed by atoms with E-state index < -0.39 is 18.6 Å². The largest absolute Gasteiger partial charge is 0.406 e. The molecular formula is C15H21F3N2O. The number of benzene rings is 1. The Morgan fingerprint density at radius 3 is 2.43 bits per heavy atom. The van der Waals surface area contributed by atoms with Gasteiger partial charge in [0.05, 0.1) is 6.54 Å². The van der Waals surface area contributed by atoms with Gasteiger partial charge < -0.3 is 10.2 Å². The molecule has 1 atom stereocenters. The van der Waals surface area contributed by atoms with E-state index in [1.807, 2.05) is 13.8 Å². The minimum absolute atomic E-state index is 0.0403. The van der Waals surface area contributed by atoms with Crippen molar-refractivity contribution in [3.63, 3.8) is 0 Å². The number of rotatable bonds is 7. The first-order valence-electron chi connectivity index (χ1n) is 6.93. The Kier molecular flexibility index (Phi) is 6.68. The van der Waals surface area contributed by atoms with Crippen molar-refractivity contribution in [2.45, 2.75) is 39.0 Å². The molecule has 1 rings (SSSR count). The van der Waals surface area contributed by atoms with Crippen LogP contribution in [0.4, 0.5) is 13.2 Å². The summed E-state index contributed by atoms with van der Waals surface area (Å²) < 4.78 is 37.9. The third-order valence-corrected chi connectivity index (χ3v) is 3.15. The summed E-state index contributed by atoms with van der Waals surface area (Å²) >= 11 is 0. The van der Waals surface area contributed by atoms with Crippen molar-refractivity contribution in [1.29, 1.82) is 0 Å². The van der Waals surface area contributed by atoms with Gasteiger partial charge in [0.1, 0.15) is 6.54 Å². The summed E-state index contributed by atoms with van der Waals surface area (Å²) in [6.45, 7) is 2.47. The first-order valence-corrected chi connectivity index (χ1v) is 6.93. The molecule has 3 nitrogen and oxygen atoms in total. The van der Waals surface area contributed by atoms with E-state index in [0.29, 0.717) is 5.56 Å². The lowest BCUT2D eigenvalue weighted by Gasteiger charge is -2.25. The minimum atomic E-state index is -4.40. The minimum Gasteiger partial charge on any atom is -0.328 e. The van der Waals surface area contributed by atoms with Crippen LogP contribution in [0.2, 0.25) is 0 Å². The van der Waals surface area contributed by atoms with Crippen LogP contribution in [0.15, 0.2) is 30.3 Å². The highest BCUT2D eigenvalue weighted by atomic mass is 19.4. The number of alkyl halides is 3. The number of halogens is 3. The van der Waals surface area contributed by atoms with Gasteiger partial charge in [0.15, 0.2) is 0 Å². The molecule has 0 spiro atoms. The molecule has 0 radical (unpaired) electrons. The molecule has 1 N–H and O–H groups in total. The van der Waals surface area contributed by atoms with E-state index in [1.54, 1.807) is 30.3 Å². The molecule has 0 bridgehead atoms. The van der Waals surface area contributed by atoms with Gasteiger partial charge in [0.2, 0.25) is 5.91 Å². The van der Waals surface area contributed by atoms with Crippen LogP contribution in [0.3, 0.4) is 0 Å². The smallest absolute Gasteiger partial charge is 0.328 e. The van der Waals surface area contributed by atoms with Crippen molar-refractivity contribution < 1.29 is 18.0 Å². The van der Waals surface area contributed by atoms with Crippen LogP contribution in [0.1, 0.15) is 25.8 Å². The van der Waals surface area contributed by atoms with Gasteiger partial charge >= 0.3 is 6.18 Å². The summed E-state index contributed by atoms with van der Waals surface area (Å²) in [6, 6.07) is 8.77. The van der Waals surface area contributed by atoms with Gasteiger partial charge in [-0.05, 0) is 18.9 Å². The SMILES string of the molecule is CCC(C)NCC(=O)N(Cc1ccccc1)CC(F)(F)F. The van der Waals surface area contributed by atoms with Crippen LogP contribution in [-0.2, 0) is 11.3 Å². The number of carbonyl (C=O) groups is 1. The monoisotopic (exact) mass is 302 g/mol. The fourth-order valence-electron chi connectivity index (χ4n) is 1.77. The molecule has 0 fully saturated rings. The fraction of sp³-hybridized carbons (Fsp3) is 0.533. The van der Waals surface area contributed by atoms with Gasteiger partial charge in [-0.15, -0.1) is 0 Å². The van der Waals surface area contributed by atoms with Crippen molar-refractivity contribution in [2.75, 3.05) is 13.1 Å². The average molecular weight is 302 g/mol. The Balaban J connectivity index is 2.70. The van der Waals surface area contributed by atoms with E-state index in [1.165, 1.54) is 0 Å². The predicted octanol–water partition coefficient (Wildman–Crippen LogP) is 2.97. The molecule has 1 amide bonds. The molecule has 21 heavy (non-hydrogen) atoms. The second-order valence-electron chi connectivity index (χ2n) is 5.04. The lowest BCUT2D eigenvalue weighted by molar-refractivity contribution is -0.161. The fourth-order valence-corrected chi connectivity index (χ4v) is 1.77. The zero-order valence-electron chi connectivity index (χ0n) is 12.3. The van der Waals surface area contributed by atoms with Gasteiger partial charge in [0.25, 0.3) is 0 Å². The summed E-state index contributed by atoms with van der Waals surface area (Å²) in [5.74, 6) is -0.545. The molecule has 0 aromatic heterocycles. The number of nitrogens with one attached hydrogen (secondary N) is 1. The quantitative estimate of drug-likeness (QED) is 0.840. The van der Waals surface area contributed by atoms with Gasteiger partial charge in [-0.1, -0.05) is 37.3 Å². The van der Waals surface area contributed by atoms with E-state index in [9.17, 15) is 18.0 Å². The standard InChI is InChI=1S/C15H21F3N2O/c1-3-12(2)19-9-14(21)20(11-15(16,17)18)10-13-7-5-4-6-8-13/h4-8,12,19H,3,9-11H2,1-2H3. The Morgan fingerprint density at radius 2 is 1.90 bits per heavy atom. The highest BCUT2D eigenvalue weighted by Gasteiger charge is 2.32. The van der Waals surface area contributed by atoms with Gasteiger partial charge in [-0.25, -0.2) is 0 Å². The number of carbonyl (C=O) groups excluding carboxylic acids is 1. The van der Waals surface area contributed by atoms with Crippen molar-refractivity contribution in [3.8, 4) is 0 Å². The zero-order valence-corrected chi connectivity index (χ0v) is 12.3. The Hall–Kier alpha value is -1.56. The third-order valence-electron chi connectivity index (χ3n) is 3.15. The maximum absolute atomic E-state index is 12.6. The van der Waals surface area contributed by atoms with Crippen LogP contribution < -0.4 is 5.32 Å². The molecule has 0 saturated heterocycles. The van der Waals surface area contributed by atoms with E-state index in [2.05, 4.69) is 5.32 Å². The third kappa shape index (κ3) is 7.13. The van der Waals surface area contributed by atoms with Crippen LogP contribution in [0, 0.1) is 0 Å². The lowest BCUT2D eigenvalue weighted by Crippen LogP contribution is -2.44. The van der Waals surface area contributed by atoms with Crippen LogP contribution in [-0.4, -0.2) is 36.1 Å². The summed E-state index contributed by atoms with van der Waals surface area (Å²) in [7, 11) is 0. The van der Waals surface area contributed by atoms with E-state index in [4.69, 9.17) is 0 Å². The van der Waals surface area contributed by atoms with Gasteiger partial charge in [0, 0.05) is 12.6 Å². The van der Waals surface area contributed by atoms with Crippen molar-refractivity contribution in [2.24, 2.45) is 0 Å². The van der Waals surface area contributed by atoms with Crippen molar-refractivity contribution in [3.05, 3.63) is 35.9 Å². The molecule has 6 heteroatoms. The summed E-state index contributed by atoms with van der Waals surface area (Å²) in [6.07, 6.45) is -3.59.